The highest BCUT2D eigenvalue weighted by molar-refractivity contribution is 7.80. The molecule has 0 fully saturated rings. The highest BCUT2D eigenvalue weighted by Crippen LogP contribution is 2.30. The molecular formula is C16H17N3O3S2. The maximum atomic E-state index is 12.1. The number of hydrogen-bond acceptors (Lipinski definition) is 5. The summed E-state index contributed by atoms with van der Waals surface area (Å²) in [5, 5.41) is 3.66. The lowest BCUT2D eigenvalue weighted by Gasteiger charge is -2.08. The number of rotatable bonds is 7. The molecule has 0 aliphatic heterocycles. The van der Waals surface area contributed by atoms with Gasteiger partial charge in [0.1, 0.15) is 5.00 Å². The fourth-order valence-corrected chi connectivity index (χ4v) is 3.32. The summed E-state index contributed by atoms with van der Waals surface area (Å²) in [6.07, 6.45) is 1.17. The number of amides is 1. The SMILES string of the molecule is CCOC(=O)c1cc(Cc2ccccc2)sc1NC(=S)NNC=O. The molecule has 1 heterocycles. The molecule has 3 N–H and O–H groups in total. The fourth-order valence-electron chi connectivity index (χ4n) is 2.01. The molecule has 2 rings (SSSR count). The molecule has 1 aromatic carbocycles. The summed E-state index contributed by atoms with van der Waals surface area (Å²) in [5.74, 6) is -0.415. The summed E-state index contributed by atoms with van der Waals surface area (Å²) in [6.45, 7) is 2.04. The third kappa shape index (κ3) is 5.04. The Kier molecular flexibility index (Phi) is 6.71. The Bertz CT molecular complexity index is 717. The van der Waals surface area contributed by atoms with Crippen LogP contribution in [0, 0.1) is 0 Å². The van der Waals surface area contributed by atoms with Gasteiger partial charge in [-0.05, 0) is 30.8 Å². The largest absolute Gasteiger partial charge is 0.462 e. The van der Waals surface area contributed by atoms with Gasteiger partial charge in [-0.25, -0.2) is 4.79 Å². The molecule has 1 aromatic heterocycles. The first kappa shape index (κ1) is 17.9. The van der Waals surface area contributed by atoms with Crippen LogP contribution in [0.25, 0.3) is 0 Å². The van der Waals surface area contributed by atoms with Crippen LogP contribution in [0.2, 0.25) is 0 Å². The Hall–Kier alpha value is -2.45. The van der Waals surface area contributed by atoms with Gasteiger partial charge in [0.05, 0.1) is 12.2 Å². The van der Waals surface area contributed by atoms with Gasteiger partial charge in [0.15, 0.2) is 5.11 Å². The minimum Gasteiger partial charge on any atom is -0.462 e. The van der Waals surface area contributed by atoms with Crippen molar-refractivity contribution in [2.75, 3.05) is 11.9 Å². The van der Waals surface area contributed by atoms with Crippen LogP contribution in [0.5, 0.6) is 0 Å². The number of anilines is 1. The van der Waals surface area contributed by atoms with E-state index in [1.807, 2.05) is 30.3 Å². The van der Waals surface area contributed by atoms with Gasteiger partial charge in [0.2, 0.25) is 6.41 Å². The van der Waals surface area contributed by atoms with Crippen molar-refractivity contribution in [3.63, 3.8) is 0 Å². The average molecular weight is 363 g/mol. The Balaban J connectivity index is 2.20. The maximum Gasteiger partial charge on any atom is 0.341 e. The number of benzene rings is 1. The van der Waals surface area contributed by atoms with Crippen LogP contribution in [0.3, 0.4) is 0 Å². The predicted octanol–water partition coefficient (Wildman–Crippen LogP) is 2.46. The predicted molar refractivity (Wildman–Crippen MR) is 98.1 cm³/mol. The number of nitrogens with one attached hydrogen (secondary N) is 3. The molecule has 0 atom stereocenters. The van der Waals surface area contributed by atoms with Gasteiger partial charge in [-0.2, -0.15) is 0 Å². The van der Waals surface area contributed by atoms with Crippen LogP contribution in [0.1, 0.15) is 27.7 Å². The quantitative estimate of drug-likeness (QED) is 0.304. The monoisotopic (exact) mass is 363 g/mol. The number of thiocarbonyl (C=S) groups is 1. The molecule has 2 aromatic rings. The summed E-state index contributed by atoms with van der Waals surface area (Å²) in [5.41, 5.74) is 6.30. The fraction of sp³-hybridized carbons (Fsp3) is 0.188. The molecule has 0 spiro atoms. The zero-order valence-electron chi connectivity index (χ0n) is 13.0. The zero-order valence-corrected chi connectivity index (χ0v) is 14.6. The van der Waals surface area contributed by atoms with Crippen molar-refractivity contribution in [3.8, 4) is 0 Å². The van der Waals surface area contributed by atoms with E-state index in [1.165, 1.54) is 11.3 Å². The first-order valence-corrected chi connectivity index (χ1v) is 8.46. The van der Waals surface area contributed by atoms with Crippen LogP contribution < -0.4 is 16.2 Å². The second-order valence-electron chi connectivity index (χ2n) is 4.68. The Morgan fingerprint density at radius 2 is 2.08 bits per heavy atom. The molecule has 0 aliphatic rings. The van der Waals surface area contributed by atoms with Crippen LogP contribution in [-0.4, -0.2) is 24.1 Å². The minimum atomic E-state index is -0.415. The molecule has 8 heteroatoms. The first-order valence-electron chi connectivity index (χ1n) is 7.24. The van der Waals surface area contributed by atoms with E-state index in [2.05, 4.69) is 16.2 Å². The van der Waals surface area contributed by atoms with Crippen molar-refractivity contribution in [1.82, 2.24) is 10.9 Å². The Morgan fingerprint density at radius 1 is 1.33 bits per heavy atom. The molecule has 24 heavy (non-hydrogen) atoms. The van der Waals surface area contributed by atoms with Gasteiger partial charge in [-0.1, -0.05) is 30.3 Å². The van der Waals surface area contributed by atoms with Crippen molar-refractivity contribution in [1.29, 1.82) is 0 Å². The van der Waals surface area contributed by atoms with E-state index in [-0.39, 0.29) is 11.7 Å². The standard InChI is InChI=1S/C16H17N3O3S2/c1-2-22-15(21)13-9-12(8-11-6-4-3-5-7-11)24-14(13)18-16(23)19-17-10-20/h3-7,9-10H,2,8H2,1H3,(H,17,20)(H2,18,19,23). The summed E-state index contributed by atoms with van der Waals surface area (Å²) in [7, 11) is 0. The molecule has 0 bridgehead atoms. The number of carbonyl (C=O) groups excluding carboxylic acids is 2. The van der Waals surface area contributed by atoms with E-state index in [0.29, 0.717) is 23.4 Å². The molecule has 126 valence electrons. The molecule has 0 aliphatic carbocycles. The van der Waals surface area contributed by atoms with E-state index in [9.17, 15) is 9.59 Å². The molecule has 0 unspecified atom stereocenters. The van der Waals surface area contributed by atoms with Gasteiger partial charge in [0.25, 0.3) is 0 Å². The van der Waals surface area contributed by atoms with E-state index < -0.39 is 5.97 Å². The van der Waals surface area contributed by atoms with Crippen molar-refractivity contribution in [2.24, 2.45) is 0 Å². The summed E-state index contributed by atoms with van der Waals surface area (Å²) >= 11 is 6.48. The summed E-state index contributed by atoms with van der Waals surface area (Å²) in [4.78, 5) is 23.4. The van der Waals surface area contributed by atoms with Crippen molar-refractivity contribution in [3.05, 3.63) is 52.4 Å². The first-order chi connectivity index (χ1) is 11.6. The van der Waals surface area contributed by atoms with E-state index in [1.54, 1.807) is 13.0 Å². The van der Waals surface area contributed by atoms with Gasteiger partial charge >= 0.3 is 5.97 Å². The molecule has 0 saturated heterocycles. The van der Waals surface area contributed by atoms with Crippen molar-refractivity contribution >= 4 is 46.0 Å². The number of hydrogen-bond donors (Lipinski definition) is 3. The van der Waals surface area contributed by atoms with E-state index in [0.717, 1.165) is 10.4 Å². The van der Waals surface area contributed by atoms with Crippen LogP contribution in [0.4, 0.5) is 5.00 Å². The van der Waals surface area contributed by atoms with Gasteiger partial charge in [-0.3, -0.25) is 15.6 Å². The van der Waals surface area contributed by atoms with Crippen LogP contribution in [-0.2, 0) is 16.0 Å². The van der Waals surface area contributed by atoms with Gasteiger partial charge in [0, 0.05) is 11.3 Å². The molecular weight excluding hydrogens is 346 g/mol. The zero-order chi connectivity index (χ0) is 17.4. The van der Waals surface area contributed by atoms with Crippen molar-refractivity contribution < 1.29 is 14.3 Å². The lowest BCUT2D eigenvalue weighted by molar-refractivity contribution is -0.110. The molecule has 0 saturated carbocycles. The highest BCUT2D eigenvalue weighted by Gasteiger charge is 2.18. The molecule has 1 amide bonds. The average Bonchev–Trinajstić information content (AvgIpc) is 2.96. The van der Waals surface area contributed by atoms with Crippen LogP contribution in [0.15, 0.2) is 36.4 Å². The Labute approximate surface area is 149 Å². The lowest BCUT2D eigenvalue weighted by Crippen LogP contribution is -2.39. The van der Waals surface area contributed by atoms with Crippen LogP contribution >= 0.6 is 23.6 Å². The van der Waals surface area contributed by atoms with Gasteiger partial charge in [-0.15, -0.1) is 11.3 Å². The van der Waals surface area contributed by atoms with E-state index in [4.69, 9.17) is 17.0 Å². The van der Waals surface area contributed by atoms with Crippen molar-refractivity contribution in [2.45, 2.75) is 13.3 Å². The third-order valence-electron chi connectivity index (χ3n) is 2.97. The maximum absolute atomic E-state index is 12.1. The molecule has 0 radical (unpaired) electrons. The second kappa shape index (κ2) is 8.99. The number of esters is 1. The number of ether oxygens (including phenoxy) is 1. The normalized spacial score (nSPS) is 9.88. The number of carbonyl (C=O) groups is 2. The minimum absolute atomic E-state index is 0.181. The smallest absolute Gasteiger partial charge is 0.341 e. The topological polar surface area (TPSA) is 79.5 Å². The van der Waals surface area contributed by atoms with Gasteiger partial charge < -0.3 is 10.1 Å². The third-order valence-corrected chi connectivity index (χ3v) is 4.23. The molecule has 6 nitrogen and oxygen atoms in total. The van der Waals surface area contributed by atoms with E-state index >= 15 is 0 Å². The second-order valence-corrected chi connectivity index (χ2v) is 6.22. The number of hydrazine groups is 1. The lowest BCUT2D eigenvalue weighted by atomic mass is 10.1. The number of thiophene rings is 1. The Morgan fingerprint density at radius 3 is 2.75 bits per heavy atom. The summed E-state index contributed by atoms with van der Waals surface area (Å²) in [6, 6.07) is 11.7. The highest BCUT2D eigenvalue weighted by atomic mass is 32.1. The summed E-state index contributed by atoms with van der Waals surface area (Å²) < 4.78 is 5.09.